The lowest BCUT2D eigenvalue weighted by Gasteiger charge is -2.25. The molecule has 2 aromatic rings. The van der Waals surface area contributed by atoms with E-state index >= 15 is 0 Å². The van der Waals surface area contributed by atoms with Gasteiger partial charge in [0.25, 0.3) is 0 Å². The van der Waals surface area contributed by atoms with Gasteiger partial charge in [0.15, 0.2) is 0 Å². The lowest BCUT2D eigenvalue weighted by atomic mass is 9.90. The van der Waals surface area contributed by atoms with Crippen LogP contribution in [-0.4, -0.2) is 18.9 Å². The van der Waals surface area contributed by atoms with Crippen molar-refractivity contribution in [2.45, 2.75) is 33.4 Å². The second kappa shape index (κ2) is 8.52. The average molecular weight is 354 g/mol. The Morgan fingerprint density at radius 3 is 2.19 bits per heavy atom. The molecule has 138 valence electrons. The van der Waals surface area contributed by atoms with Gasteiger partial charge in [0.05, 0.1) is 13.2 Å². The van der Waals surface area contributed by atoms with Crippen LogP contribution in [0.25, 0.3) is 0 Å². The molecule has 0 heterocycles. The normalized spacial score (nSPS) is 12.2. The van der Waals surface area contributed by atoms with Gasteiger partial charge in [0.2, 0.25) is 11.8 Å². The highest BCUT2D eigenvalue weighted by Crippen LogP contribution is 2.20. The van der Waals surface area contributed by atoms with Crippen molar-refractivity contribution < 1.29 is 14.3 Å². The molecule has 0 saturated carbocycles. The fraction of sp³-hybridized carbons (Fsp3) is 0.333. The molecule has 5 heteroatoms. The van der Waals surface area contributed by atoms with Crippen LogP contribution >= 0.6 is 0 Å². The van der Waals surface area contributed by atoms with Crippen molar-refractivity contribution in [1.82, 2.24) is 10.6 Å². The summed E-state index contributed by atoms with van der Waals surface area (Å²) in [5.41, 5.74) is 0.762. The highest BCUT2D eigenvalue weighted by molar-refractivity contribution is 6.04. The van der Waals surface area contributed by atoms with Crippen molar-refractivity contribution in [1.29, 1.82) is 0 Å². The van der Waals surface area contributed by atoms with Gasteiger partial charge in [-0.25, -0.2) is 0 Å². The Bertz CT molecular complexity index is 740. The summed E-state index contributed by atoms with van der Waals surface area (Å²) < 4.78 is 5.11. The first-order chi connectivity index (χ1) is 12.3. The maximum Gasteiger partial charge on any atom is 0.235 e. The first kappa shape index (κ1) is 19.5. The van der Waals surface area contributed by atoms with E-state index in [-0.39, 0.29) is 17.9 Å². The standard InChI is InChI=1S/C21H26N2O3/c1-15(17-8-6-5-7-9-17)23-20(25)21(2,3)19(24)22-14-16-10-12-18(26-4)13-11-16/h5-13,15H,14H2,1-4H3,(H,22,24)(H,23,25). The van der Waals surface area contributed by atoms with Crippen molar-refractivity contribution in [3.8, 4) is 5.75 Å². The molecule has 1 unspecified atom stereocenters. The number of ether oxygens (including phenoxy) is 1. The maximum atomic E-state index is 12.6. The van der Waals surface area contributed by atoms with Crippen LogP contribution in [0.2, 0.25) is 0 Å². The molecule has 2 rings (SSSR count). The van der Waals surface area contributed by atoms with Gasteiger partial charge in [-0.05, 0) is 44.0 Å². The number of hydrogen-bond donors (Lipinski definition) is 2. The Balaban J connectivity index is 1.93. The van der Waals surface area contributed by atoms with Gasteiger partial charge in [0, 0.05) is 6.54 Å². The molecule has 2 N–H and O–H groups in total. The number of rotatable bonds is 7. The van der Waals surface area contributed by atoms with Crippen molar-refractivity contribution >= 4 is 11.8 Å². The zero-order valence-electron chi connectivity index (χ0n) is 15.7. The third-order valence-corrected chi connectivity index (χ3v) is 4.39. The minimum Gasteiger partial charge on any atom is -0.497 e. The number of carbonyl (C=O) groups is 2. The van der Waals surface area contributed by atoms with E-state index in [0.717, 1.165) is 16.9 Å². The largest absolute Gasteiger partial charge is 0.497 e. The predicted molar refractivity (Wildman–Crippen MR) is 102 cm³/mol. The molecule has 2 amide bonds. The van der Waals surface area contributed by atoms with Gasteiger partial charge >= 0.3 is 0 Å². The molecule has 0 fully saturated rings. The molecule has 0 aliphatic carbocycles. The second-order valence-electron chi connectivity index (χ2n) is 6.76. The van der Waals surface area contributed by atoms with Crippen LogP contribution in [0.15, 0.2) is 54.6 Å². The quantitative estimate of drug-likeness (QED) is 0.750. The van der Waals surface area contributed by atoms with E-state index in [4.69, 9.17) is 4.74 Å². The van der Waals surface area contributed by atoms with Crippen LogP contribution in [0.1, 0.15) is 37.9 Å². The van der Waals surface area contributed by atoms with Crippen molar-refractivity contribution in [3.05, 3.63) is 65.7 Å². The highest BCUT2D eigenvalue weighted by Gasteiger charge is 2.36. The highest BCUT2D eigenvalue weighted by atomic mass is 16.5. The Morgan fingerprint density at radius 2 is 1.62 bits per heavy atom. The summed E-state index contributed by atoms with van der Waals surface area (Å²) in [5, 5.41) is 5.74. The van der Waals surface area contributed by atoms with Crippen molar-refractivity contribution in [2.75, 3.05) is 7.11 Å². The van der Waals surface area contributed by atoms with Crippen LogP contribution in [0.5, 0.6) is 5.75 Å². The van der Waals surface area contributed by atoms with E-state index in [1.54, 1.807) is 21.0 Å². The van der Waals surface area contributed by atoms with Crippen LogP contribution in [0, 0.1) is 5.41 Å². The molecule has 0 spiro atoms. The molecule has 26 heavy (non-hydrogen) atoms. The number of amides is 2. The molecule has 0 bridgehead atoms. The maximum absolute atomic E-state index is 12.6. The SMILES string of the molecule is COc1ccc(CNC(=O)C(C)(C)C(=O)NC(C)c2ccccc2)cc1. The van der Waals surface area contributed by atoms with Gasteiger partial charge in [-0.3, -0.25) is 9.59 Å². The summed E-state index contributed by atoms with van der Waals surface area (Å²) >= 11 is 0. The number of nitrogens with one attached hydrogen (secondary N) is 2. The van der Waals surface area contributed by atoms with E-state index in [1.165, 1.54) is 0 Å². The zero-order valence-corrected chi connectivity index (χ0v) is 15.7. The molecular formula is C21H26N2O3. The summed E-state index contributed by atoms with van der Waals surface area (Å²) in [7, 11) is 1.61. The number of hydrogen-bond acceptors (Lipinski definition) is 3. The fourth-order valence-corrected chi connectivity index (χ4v) is 2.45. The Kier molecular flexibility index (Phi) is 6.39. The number of benzene rings is 2. The molecular weight excluding hydrogens is 328 g/mol. The van der Waals surface area contributed by atoms with Crippen LogP contribution < -0.4 is 15.4 Å². The third-order valence-electron chi connectivity index (χ3n) is 4.39. The number of carbonyl (C=O) groups excluding carboxylic acids is 2. The first-order valence-electron chi connectivity index (χ1n) is 8.61. The summed E-state index contributed by atoms with van der Waals surface area (Å²) in [5.74, 6) is 0.141. The molecule has 0 radical (unpaired) electrons. The molecule has 0 aromatic heterocycles. The second-order valence-corrected chi connectivity index (χ2v) is 6.76. The lowest BCUT2D eigenvalue weighted by molar-refractivity contribution is -0.141. The van der Waals surface area contributed by atoms with Crippen LogP contribution in [-0.2, 0) is 16.1 Å². The summed E-state index contributed by atoms with van der Waals surface area (Å²) in [4.78, 5) is 25.1. The molecule has 2 aromatic carbocycles. The average Bonchev–Trinajstić information content (AvgIpc) is 2.66. The van der Waals surface area contributed by atoms with E-state index in [0.29, 0.717) is 6.54 Å². The minimum atomic E-state index is -1.17. The minimum absolute atomic E-state index is 0.169. The van der Waals surface area contributed by atoms with Gasteiger partial charge in [0.1, 0.15) is 11.2 Å². The Hall–Kier alpha value is -2.82. The summed E-state index contributed by atoms with van der Waals surface area (Å²) in [6.45, 7) is 5.51. The van der Waals surface area contributed by atoms with Gasteiger partial charge < -0.3 is 15.4 Å². The first-order valence-corrected chi connectivity index (χ1v) is 8.61. The van der Waals surface area contributed by atoms with E-state index in [1.807, 2.05) is 61.5 Å². The van der Waals surface area contributed by atoms with E-state index < -0.39 is 5.41 Å². The number of methoxy groups -OCH3 is 1. The smallest absolute Gasteiger partial charge is 0.235 e. The monoisotopic (exact) mass is 354 g/mol. The van der Waals surface area contributed by atoms with Crippen LogP contribution in [0.3, 0.4) is 0 Å². The third kappa shape index (κ3) is 4.85. The van der Waals surface area contributed by atoms with Gasteiger partial charge in [-0.15, -0.1) is 0 Å². The molecule has 1 atom stereocenters. The van der Waals surface area contributed by atoms with Gasteiger partial charge in [-0.2, -0.15) is 0 Å². The lowest BCUT2D eigenvalue weighted by Crippen LogP contribution is -2.48. The predicted octanol–water partition coefficient (Wildman–Crippen LogP) is 3.22. The molecule has 0 saturated heterocycles. The van der Waals surface area contributed by atoms with Gasteiger partial charge in [-0.1, -0.05) is 42.5 Å². The summed E-state index contributed by atoms with van der Waals surface area (Å²) in [6, 6.07) is 16.9. The summed E-state index contributed by atoms with van der Waals surface area (Å²) in [6.07, 6.45) is 0. The molecule has 5 nitrogen and oxygen atoms in total. The van der Waals surface area contributed by atoms with E-state index in [2.05, 4.69) is 10.6 Å². The van der Waals surface area contributed by atoms with Crippen LogP contribution in [0.4, 0.5) is 0 Å². The zero-order chi connectivity index (χ0) is 19.2. The Morgan fingerprint density at radius 1 is 1.00 bits per heavy atom. The van der Waals surface area contributed by atoms with E-state index in [9.17, 15) is 9.59 Å². The van der Waals surface area contributed by atoms with Crippen molar-refractivity contribution in [2.24, 2.45) is 5.41 Å². The Labute approximate surface area is 154 Å². The molecule has 0 aliphatic rings. The fourth-order valence-electron chi connectivity index (χ4n) is 2.45. The molecule has 0 aliphatic heterocycles. The topological polar surface area (TPSA) is 67.4 Å². The van der Waals surface area contributed by atoms with Crippen molar-refractivity contribution in [3.63, 3.8) is 0 Å².